The Hall–Kier alpha value is -1.55. The van der Waals surface area contributed by atoms with Crippen LogP contribution >= 0.6 is 0 Å². The number of aliphatic hydroxyl groups is 1. The van der Waals surface area contributed by atoms with E-state index in [9.17, 15) is 4.79 Å². The lowest BCUT2D eigenvalue weighted by molar-refractivity contribution is 0.180. The molecule has 106 valence electrons. The summed E-state index contributed by atoms with van der Waals surface area (Å²) in [5.41, 5.74) is 2.45. The molecule has 0 aromatic heterocycles. The zero-order valence-electron chi connectivity index (χ0n) is 12.0. The number of nitrogens with one attached hydrogen (secondary N) is 1. The Balaban J connectivity index is 2.47. The smallest absolute Gasteiger partial charge is 0.317 e. The fourth-order valence-corrected chi connectivity index (χ4v) is 1.89. The van der Waals surface area contributed by atoms with E-state index in [1.807, 2.05) is 6.92 Å². The molecule has 1 aromatic carbocycles. The van der Waals surface area contributed by atoms with Crippen molar-refractivity contribution in [3.05, 3.63) is 35.4 Å². The van der Waals surface area contributed by atoms with Gasteiger partial charge in [-0.05, 0) is 25.3 Å². The Labute approximate surface area is 115 Å². The van der Waals surface area contributed by atoms with E-state index < -0.39 is 0 Å². The first-order valence-corrected chi connectivity index (χ1v) is 6.78. The first-order chi connectivity index (χ1) is 9.08. The quantitative estimate of drug-likeness (QED) is 0.827. The molecule has 4 heteroatoms. The summed E-state index contributed by atoms with van der Waals surface area (Å²) in [6.07, 6.45) is 0. The number of aliphatic hydroxyl groups excluding tert-OH is 1. The molecule has 2 N–H and O–H groups in total. The van der Waals surface area contributed by atoms with E-state index in [1.165, 1.54) is 11.1 Å². The minimum absolute atomic E-state index is 0.00518. The monoisotopic (exact) mass is 264 g/mol. The summed E-state index contributed by atoms with van der Waals surface area (Å²) in [5, 5.41) is 11.8. The van der Waals surface area contributed by atoms with E-state index in [0.29, 0.717) is 19.6 Å². The summed E-state index contributed by atoms with van der Waals surface area (Å²) in [7, 11) is 0. The molecule has 1 atom stereocenters. The average molecular weight is 264 g/mol. The molecule has 0 saturated carbocycles. The molecular formula is C15H24N2O2. The van der Waals surface area contributed by atoms with Crippen molar-refractivity contribution in [2.45, 2.75) is 26.7 Å². The highest BCUT2D eigenvalue weighted by atomic mass is 16.3. The van der Waals surface area contributed by atoms with Gasteiger partial charge in [-0.25, -0.2) is 4.79 Å². The van der Waals surface area contributed by atoms with E-state index >= 15 is 0 Å². The third-order valence-electron chi connectivity index (χ3n) is 3.24. The molecule has 0 bridgehead atoms. The lowest BCUT2D eigenvalue weighted by Crippen LogP contribution is -2.42. The zero-order chi connectivity index (χ0) is 14.3. The average Bonchev–Trinajstić information content (AvgIpc) is 2.42. The van der Waals surface area contributed by atoms with Gasteiger partial charge in [0.15, 0.2) is 0 Å². The molecule has 2 amide bonds. The van der Waals surface area contributed by atoms with Crippen molar-refractivity contribution in [2.24, 2.45) is 0 Å². The Kier molecular flexibility index (Phi) is 6.36. The number of likely N-dealkylation sites (N-methyl/N-ethyl adjacent to an activating group) is 1. The minimum Gasteiger partial charge on any atom is -0.395 e. The summed E-state index contributed by atoms with van der Waals surface area (Å²) in [6.45, 7) is 7.63. The minimum atomic E-state index is -0.115. The van der Waals surface area contributed by atoms with E-state index in [1.54, 1.807) is 4.90 Å². The van der Waals surface area contributed by atoms with Crippen LogP contribution in [0.25, 0.3) is 0 Å². The molecule has 0 radical (unpaired) electrons. The van der Waals surface area contributed by atoms with Gasteiger partial charge in [0.25, 0.3) is 0 Å². The van der Waals surface area contributed by atoms with Crippen LogP contribution in [0.5, 0.6) is 0 Å². The highest BCUT2D eigenvalue weighted by Gasteiger charge is 2.12. The third-order valence-corrected chi connectivity index (χ3v) is 3.24. The lowest BCUT2D eigenvalue weighted by Gasteiger charge is -2.21. The van der Waals surface area contributed by atoms with Gasteiger partial charge in [-0.2, -0.15) is 0 Å². The molecule has 1 rings (SSSR count). The number of rotatable bonds is 6. The van der Waals surface area contributed by atoms with Crippen LogP contribution in [0.3, 0.4) is 0 Å². The Morgan fingerprint density at radius 1 is 1.37 bits per heavy atom. The first kappa shape index (κ1) is 15.5. The second kappa shape index (κ2) is 7.79. The van der Waals surface area contributed by atoms with Crippen LogP contribution in [0.2, 0.25) is 0 Å². The molecule has 4 nitrogen and oxygen atoms in total. The topological polar surface area (TPSA) is 52.6 Å². The largest absolute Gasteiger partial charge is 0.395 e. The second-order valence-electron chi connectivity index (χ2n) is 4.80. The molecule has 0 heterocycles. The molecule has 0 fully saturated rings. The first-order valence-electron chi connectivity index (χ1n) is 6.78. The van der Waals surface area contributed by atoms with Crippen molar-refractivity contribution in [1.82, 2.24) is 10.2 Å². The lowest BCUT2D eigenvalue weighted by atomic mass is 10.0. The van der Waals surface area contributed by atoms with E-state index in [2.05, 4.69) is 43.4 Å². The van der Waals surface area contributed by atoms with Crippen LogP contribution in [-0.4, -0.2) is 42.3 Å². The van der Waals surface area contributed by atoms with Crippen molar-refractivity contribution >= 4 is 6.03 Å². The maximum Gasteiger partial charge on any atom is 0.317 e. The number of carbonyl (C=O) groups excluding carboxylic acids is 1. The van der Waals surface area contributed by atoms with Gasteiger partial charge in [-0.15, -0.1) is 0 Å². The number of nitrogens with zero attached hydrogens (tertiary/aromatic N) is 1. The molecule has 0 aliphatic rings. The maximum atomic E-state index is 11.9. The standard InChI is InChI=1S/C15H24N2O2/c1-4-17(9-10-18)15(19)16-11-13(3)14-7-5-12(2)6-8-14/h5-8,13,18H,4,9-11H2,1-3H3,(H,16,19). The van der Waals surface area contributed by atoms with E-state index in [4.69, 9.17) is 5.11 Å². The molecule has 1 unspecified atom stereocenters. The normalized spacial score (nSPS) is 12.0. The van der Waals surface area contributed by atoms with Gasteiger partial charge in [0.05, 0.1) is 6.61 Å². The summed E-state index contributed by atoms with van der Waals surface area (Å²) in [6, 6.07) is 8.24. The van der Waals surface area contributed by atoms with Crippen LogP contribution in [0.1, 0.15) is 30.9 Å². The number of benzene rings is 1. The second-order valence-corrected chi connectivity index (χ2v) is 4.80. The molecule has 0 spiro atoms. The molecule has 1 aromatic rings. The Morgan fingerprint density at radius 3 is 2.53 bits per heavy atom. The fraction of sp³-hybridized carbons (Fsp3) is 0.533. The van der Waals surface area contributed by atoms with Gasteiger partial charge in [-0.1, -0.05) is 36.8 Å². The number of hydrogen-bond donors (Lipinski definition) is 2. The van der Waals surface area contributed by atoms with Crippen molar-refractivity contribution in [2.75, 3.05) is 26.2 Å². The molecule has 0 aliphatic carbocycles. The van der Waals surface area contributed by atoms with E-state index in [-0.39, 0.29) is 18.6 Å². The third kappa shape index (κ3) is 4.91. The number of amides is 2. The number of hydrogen-bond acceptors (Lipinski definition) is 2. The van der Waals surface area contributed by atoms with Crippen molar-refractivity contribution < 1.29 is 9.90 Å². The fourth-order valence-electron chi connectivity index (χ4n) is 1.89. The van der Waals surface area contributed by atoms with Gasteiger partial charge in [0, 0.05) is 19.6 Å². The van der Waals surface area contributed by atoms with Crippen molar-refractivity contribution in [3.63, 3.8) is 0 Å². The van der Waals surface area contributed by atoms with Crippen LogP contribution in [0.15, 0.2) is 24.3 Å². The van der Waals surface area contributed by atoms with E-state index in [0.717, 1.165) is 0 Å². The Bertz CT molecular complexity index is 390. The van der Waals surface area contributed by atoms with Gasteiger partial charge in [-0.3, -0.25) is 0 Å². The number of urea groups is 1. The summed E-state index contributed by atoms with van der Waals surface area (Å²) in [5.74, 6) is 0.275. The summed E-state index contributed by atoms with van der Waals surface area (Å²) < 4.78 is 0. The van der Waals surface area contributed by atoms with Crippen molar-refractivity contribution in [1.29, 1.82) is 0 Å². The number of aryl methyl sites for hydroxylation is 1. The van der Waals surface area contributed by atoms with Gasteiger partial charge >= 0.3 is 6.03 Å². The predicted octanol–water partition coefficient (Wildman–Crippen LogP) is 2.12. The SMILES string of the molecule is CCN(CCO)C(=O)NCC(C)c1ccc(C)cc1. The van der Waals surface area contributed by atoms with Crippen LogP contribution in [-0.2, 0) is 0 Å². The maximum absolute atomic E-state index is 11.9. The van der Waals surface area contributed by atoms with Crippen LogP contribution in [0, 0.1) is 6.92 Å². The van der Waals surface area contributed by atoms with Crippen molar-refractivity contribution in [3.8, 4) is 0 Å². The highest BCUT2D eigenvalue weighted by molar-refractivity contribution is 5.74. The molecule has 0 saturated heterocycles. The predicted molar refractivity (Wildman–Crippen MR) is 77.3 cm³/mol. The van der Waals surface area contributed by atoms with Crippen LogP contribution < -0.4 is 5.32 Å². The zero-order valence-corrected chi connectivity index (χ0v) is 12.0. The molecule has 19 heavy (non-hydrogen) atoms. The van der Waals surface area contributed by atoms with Gasteiger partial charge in [0.1, 0.15) is 0 Å². The summed E-state index contributed by atoms with van der Waals surface area (Å²) in [4.78, 5) is 13.5. The molecular weight excluding hydrogens is 240 g/mol. The van der Waals surface area contributed by atoms with Gasteiger partial charge < -0.3 is 15.3 Å². The Morgan fingerprint density at radius 2 is 2.00 bits per heavy atom. The summed E-state index contributed by atoms with van der Waals surface area (Å²) >= 11 is 0. The molecule has 0 aliphatic heterocycles. The highest BCUT2D eigenvalue weighted by Crippen LogP contribution is 2.14. The number of carbonyl (C=O) groups is 1. The van der Waals surface area contributed by atoms with Crippen LogP contribution in [0.4, 0.5) is 4.79 Å². The van der Waals surface area contributed by atoms with Gasteiger partial charge in [0.2, 0.25) is 0 Å².